The van der Waals surface area contributed by atoms with Gasteiger partial charge in [0.05, 0.1) is 11.4 Å². The zero-order valence-corrected chi connectivity index (χ0v) is 12.3. The lowest BCUT2D eigenvalue weighted by atomic mass is 9.96. The zero-order valence-electron chi connectivity index (χ0n) is 12.3. The van der Waals surface area contributed by atoms with E-state index < -0.39 is 5.91 Å². The Labute approximate surface area is 121 Å². The third-order valence-corrected chi connectivity index (χ3v) is 4.20. The molecule has 2 rings (SSSR count). The van der Waals surface area contributed by atoms with Crippen LogP contribution in [-0.4, -0.2) is 19.0 Å². The maximum Gasteiger partial charge on any atom is 0.248 e. The number of carbonyl (C=O) groups excluding carboxylic acids is 1. The van der Waals surface area contributed by atoms with Gasteiger partial charge in [0.2, 0.25) is 5.91 Å². The molecule has 110 valence electrons. The second-order valence-corrected chi connectivity index (χ2v) is 5.71. The second kappa shape index (κ2) is 6.64. The summed E-state index contributed by atoms with van der Waals surface area (Å²) in [6, 6.07) is 5.31. The Bertz CT molecular complexity index is 473. The van der Waals surface area contributed by atoms with E-state index in [-0.39, 0.29) is 0 Å². The molecule has 0 radical (unpaired) electrons. The van der Waals surface area contributed by atoms with E-state index in [1.165, 1.54) is 32.1 Å². The van der Waals surface area contributed by atoms with E-state index in [1.54, 1.807) is 12.1 Å². The Morgan fingerprint density at radius 3 is 2.85 bits per heavy atom. The predicted octanol–water partition coefficient (Wildman–Crippen LogP) is 2.77. The molecule has 0 bridgehead atoms. The highest BCUT2D eigenvalue weighted by atomic mass is 16.1. The molecule has 4 heteroatoms. The number of nitrogen functional groups attached to an aromatic ring is 1. The summed E-state index contributed by atoms with van der Waals surface area (Å²) in [5, 5.41) is 0. The Morgan fingerprint density at radius 1 is 1.35 bits per heavy atom. The molecule has 4 nitrogen and oxygen atoms in total. The summed E-state index contributed by atoms with van der Waals surface area (Å²) in [5.74, 6) is 0.426. The van der Waals surface area contributed by atoms with Crippen LogP contribution in [0.4, 0.5) is 11.4 Å². The Balaban J connectivity index is 2.14. The van der Waals surface area contributed by atoms with Crippen molar-refractivity contribution in [2.24, 2.45) is 11.7 Å². The van der Waals surface area contributed by atoms with Gasteiger partial charge in [0.1, 0.15) is 0 Å². The number of primary amides is 1. The van der Waals surface area contributed by atoms with Crippen LogP contribution in [-0.2, 0) is 0 Å². The van der Waals surface area contributed by atoms with Crippen molar-refractivity contribution in [3.8, 4) is 0 Å². The first-order chi connectivity index (χ1) is 9.61. The van der Waals surface area contributed by atoms with Crippen molar-refractivity contribution in [3.05, 3.63) is 23.8 Å². The fourth-order valence-corrected chi connectivity index (χ4v) is 3.07. The van der Waals surface area contributed by atoms with Gasteiger partial charge in [0, 0.05) is 18.7 Å². The summed E-state index contributed by atoms with van der Waals surface area (Å²) in [4.78, 5) is 13.6. The molecular formula is C16H25N3O. The summed E-state index contributed by atoms with van der Waals surface area (Å²) in [6.45, 7) is 4.26. The average Bonchev–Trinajstić information content (AvgIpc) is 2.65. The van der Waals surface area contributed by atoms with Crippen LogP contribution in [0, 0.1) is 5.92 Å². The molecule has 1 aromatic rings. The van der Waals surface area contributed by atoms with Crippen LogP contribution in [0.2, 0.25) is 0 Å². The average molecular weight is 275 g/mol. The van der Waals surface area contributed by atoms with Crippen molar-refractivity contribution in [2.45, 2.75) is 39.0 Å². The van der Waals surface area contributed by atoms with E-state index >= 15 is 0 Å². The number of rotatable bonds is 4. The number of nitrogens with two attached hydrogens (primary N) is 2. The van der Waals surface area contributed by atoms with Crippen LogP contribution in [0.25, 0.3) is 0 Å². The van der Waals surface area contributed by atoms with Crippen LogP contribution in [0.5, 0.6) is 0 Å². The second-order valence-electron chi connectivity index (χ2n) is 5.71. The van der Waals surface area contributed by atoms with Gasteiger partial charge in [-0.3, -0.25) is 4.79 Å². The van der Waals surface area contributed by atoms with Gasteiger partial charge in [-0.2, -0.15) is 0 Å². The highest BCUT2D eigenvalue weighted by Crippen LogP contribution is 2.29. The van der Waals surface area contributed by atoms with Crippen molar-refractivity contribution in [1.82, 2.24) is 0 Å². The number of benzene rings is 1. The van der Waals surface area contributed by atoms with Crippen LogP contribution in [0.1, 0.15) is 49.4 Å². The van der Waals surface area contributed by atoms with Crippen molar-refractivity contribution in [3.63, 3.8) is 0 Å². The number of nitrogens with zero attached hydrogens (tertiary/aromatic N) is 1. The number of hydrogen-bond acceptors (Lipinski definition) is 3. The van der Waals surface area contributed by atoms with E-state index in [0.29, 0.717) is 5.56 Å². The summed E-state index contributed by atoms with van der Waals surface area (Å²) < 4.78 is 0. The van der Waals surface area contributed by atoms with E-state index in [9.17, 15) is 4.79 Å². The minimum atomic E-state index is -0.398. The fraction of sp³-hybridized carbons (Fsp3) is 0.562. The molecule has 1 aliphatic heterocycles. The maximum atomic E-state index is 11.3. The quantitative estimate of drug-likeness (QED) is 0.830. The molecule has 0 saturated carbocycles. The molecule has 1 aromatic carbocycles. The molecule has 0 aliphatic carbocycles. The molecule has 1 heterocycles. The van der Waals surface area contributed by atoms with Crippen LogP contribution in [0.15, 0.2) is 18.2 Å². The highest BCUT2D eigenvalue weighted by Gasteiger charge is 2.18. The third kappa shape index (κ3) is 3.44. The lowest BCUT2D eigenvalue weighted by Gasteiger charge is -2.25. The minimum absolute atomic E-state index is 0.398. The van der Waals surface area contributed by atoms with Crippen LogP contribution < -0.4 is 16.4 Å². The van der Waals surface area contributed by atoms with Crippen molar-refractivity contribution in [1.29, 1.82) is 0 Å². The lowest BCUT2D eigenvalue weighted by Crippen LogP contribution is -2.25. The van der Waals surface area contributed by atoms with Gasteiger partial charge >= 0.3 is 0 Å². The number of carbonyl (C=O) groups is 1. The molecular weight excluding hydrogens is 250 g/mol. The van der Waals surface area contributed by atoms with Gasteiger partial charge < -0.3 is 16.4 Å². The van der Waals surface area contributed by atoms with E-state index in [0.717, 1.165) is 30.4 Å². The van der Waals surface area contributed by atoms with E-state index in [1.807, 2.05) is 6.07 Å². The van der Waals surface area contributed by atoms with Gasteiger partial charge in [0.25, 0.3) is 0 Å². The third-order valence-electron chi connectivity index (χ3n) is 4.20. The van der Waals surface area contributed by atoms with Gasteiger partial charge in [-0.25, -0.2) is 0 Å². The summed E-state index contributed by atoms with van der Waals surface area (Å²) in [6.07, 6.45) is 6.24. The molecule has 1 aliphatic rings. The first-order valence-corrected chi connectivity index (χ1v) is 7.56. The summed E-state index contributed by atoms with van der Waals surface area (Å²) in [7, 11) is 0. The van der Waals surface area contributed by atoms with Crippen molar-refractivity contribution < 1.29 is 4.79 Å². The number of amides is 1. The van der Waals surface area contributed by atoms with Crippen molar-refractivity contribution in [2.75, 3.05) is 23.7 Å². The van der Waals surface area contributed by atoms with Crippen LogP contribution >= 0.6 is 0 Å². The molecule has 0 aromatic heterocycles. The van der Waals surface area contributed by atoms with Crippen LogP contribution in [0.3, 0.4) is 0 Å². The summed E-state index contributed by atoms with van der Waals surface area (Å²) in [5.41, 5.74) is 13.6. The van der Waals surface area contributed by atoms with Gasteiger partial charge in [-0.15, -0.1) is 0 Å². The van der Waals surface area contributed by atoms with Gasteiger partial charge in [-0.1, -0.05) is 19.8 Å². The van der Waals surface area contributed by atoms with Gasteiger partial charge in [0.15, 0.2) is 0 Å². The Hall–Kier alpha value is -1.71. The first kappa shape index (κ1) is 14.7. The minimum Gasteiger partial charge on any atom is -0.397 e. The largest absolute Gasteiger partial charge is 0.397 e. The van der Waals surface area contributed by atoms with Crippen molar-refractivity contribution >= 4 is 17.3 Å². The standard InChI is InChI=1S/C16H25N3O/c1-2-4-12-5-3-9-19(10-8-12)15-11-13(16(18)20)6-7-14(15)17/h6-7,11-12H,2-5,8-10,17H2,1H3,(H2,18,20). The Kier molecular flexibility index (Phi) is 4.88. The van der Waals surface area contributed by atoms with E-state index in [4.69, 9.17) is 11.5 Å². The fourth-order valence-electron chi connectivity index (χ4n) is 3.07. The smallest absolute Gasteiger partial charge is 0.248 e. The maximum absolute atomic E-state index is 11.3. The predicted molar refractivity (Wildman–Crippen MR) is 83.8 cm³/mol. The lowest BCUT2D eigenvalue weighted by molar-refractivity contribution is 0.100. The molecule has 20 heavy (non-hydrogen) atoms. The Morgan fingerprint density at radius 2 is 2.15 bits per heavy atom. The molecule has 1 unspecified atom stereocenters. The molecule has 1 atom stereocenters. The van der Waals surface area contributed by atoms with E-state index in [2.05, 4.69) is 11.8 Å². The number of hydrogen-bond donors (Lipinski definition) is 2. The SMILES string of the molecule is CCCC1CCCN(c2cc(C(N)=O)ccc2N)CC1. The topological polar surface area (TPSA) is 72.3 Å². The molecule has 4 N–H and O–H groups in total. The highest BCUT2D eigenvalue weighted by molar-refractivity contribution is 5.95. The molecule has 1 amide bonds. The van der Waals surface area contributed by atoms with Gasteiger partial charge in [-0.05, 0) is 43.4 Å². The monoisotopic (exact) mass is 275 g/mol. The number of anilines is 2. The summed E-state index contributed by atoms with van der Waals surface area (Å²) >= 11 is 0. The zero-order chi connectivity index (χ0) is 14.5. The molecule has 1 saturated heterocycles. The molecule has 0 spiro atoms. The first-order valence-electron chi connectivity index (χ1n) is 7.56. The normalized spacial score (nSPS) is 19.6. The molecule has 1 fully saturated rings.